The van der Waals surface area contributed by atoms with Gasteiger partial charge in [0.25, 0.3) is 5.91 Å². The van der Waals surface area contributed by atoms with Gasteiger partial charge in [0.15, 0.2) is 0 Å². The summed E-state index contributed by atoms with van der Waals surface area (Å²) in [7, 11) is 1.53. The Hall–Kier alpha value is -1.23. The first-order valence-corrected chi connectivity index (χ1v) is 7.52. The van der Waals surface area contributed by atoms with E-state index in [4.69, 9.17) is 4.74 Å². The molecule has 4 nitrogen and oxygen atoms in total. The molecule has 0 aromatic heterocycles. The van der Waals surface area contributed by atoms with Crippen LogP contribution in [0.5, 0.6) is 11.5 Å². The van der Waals surface area contributed by atoms with Crippen LogP contribution in [0.2, 0.25) is 0 Å². The lowest BCUT2D eigenvalue weighted by molar-refractivity contribution is 0.0950. The summed E-state index contributed by atoms with van der Waals surface area (Å²) in [5, 5.41) is 13.5. The quantitative estimate of drug-likeness (QED) is 0.569. The molecular weight excluding hydrogens is 310 g/mol. The second-order valence-electron chi connectivity index (χ2n) is 4.24. The maximum absolute atomic E-state index is 11.9. The van der Waals surface area contributed by atoms with Crippen molar-refractivity contribution in [2.24, 2.45) is 0 Å². The van der Waals surface area contributed by atoms with Crippen molar-refractivity contribution in [1.29, 1.82) is 0 Å². The lowest BCUT2D eigenvalue weighted by atomic mass is 10.1. The Balaban J connectivity index is 2.40. The molecule has 0 aliphatic carbocycles. The smallest absolute Gasteiger partial charge is 0.255 e. The molecule has 5 heteroatoms. The number of aromatic hydroxyl groups is 1. The van der Waals surface area contributed by atoms with Gasteiger partial charge in [-0.2, -0.15) is 0 Å². The monoisotopic (exact) mass is 329 g/mol. The molecule has 0 fully saturated rings. The van der Waals surface area contributed by atoms with Crippen LogP contribution in [-0.4, -0.2) is 30.0 Å². The van der Waals surface area contributed by atoms with E-state index < -0.39 is 0 Å². The van der Waals surface area contributed by atoms with Crippen molar-refractivity contribution < 1.29 is 14.6 Å². The second kappa shape index (κ2) is 8.80. The van der Waals surface area contributed by atoms with Gasteiger partial charge in [0.2, 0.25) is 0 Å². The van der Waals surface area contributed by atoms with Crippen molar-refractivity contribution in [3.63, 3.8) is 0 Å². The Labute approximate surface area is 122 Å². The number of benzene rings is 1. The Kier molecular flexibility index (Phi) is 7.33. The number of alkyl halides is 1. The Morgan fingerprint density at radius 2 is 2.05 bits per heavy atom. The summed E-state index contributed by atoms with van der Waals surface area (Å²) in [6, 6.07) is 4.62. The van der Waals surface area contributed by atoms with Crippen LogP contribution < -0.4 is 10.1 Å². The van der Waals surface area contributed by atoms with Crippen LogP contribution in [0.4, 0.5) is 0 Å². The number of methoxy groups -OCH3 is 1. The number of phenolic OH excluding ortho intramolecular Hbond substituents is 1. The van der Waals surface area contributed by atoms with Crippen molar-refractivity contribution in [2.75, 3.05) is 19.0 Å². The summed E-state index contributed by atoms with van der Waals surface area (Å²) in [6.45, 7) is 0.623. The molecule has 0 unspecified atom stereocenters. The topological polar surface area (TPSA) is 58.6 Å². The van der Waals surface area contributed by atoms with Crippen LogP contribution >= 0.6 is 15.9 Å². The van der Waals surface area contributed by atoms with E-state index in [2.05, 4.69) is 21.2 Å². The number of amides is 1. The maximum Gasteiger partial charge on any atom is 0.255 e. The third-order valence-electron chi connectivity index (χ3n) is 2.79. The van der Waals surface area contributed by atoms with Gasteiger partial charge in [0, 0.05) is 11.9 Å². The number of nitrogens with one attached hydrogen (secondary N) is 1. The number of hydrogen-bond donors (Lipinski definition) is 2. The van der Waals surface area contributed by atoms with E-state index in [1.807, 2.05) is 0 Å². The summed E-state index contributed by atoms with van der Waals surface area (Å²) in [6.07, 6.45) is 4.36. The largest absolute Gasteiger partial charge is 0.507 e. The minimum absolute atomic E-state index is 0.0300. The zero-order chi connectivity index (χ0) is 14.1. The normalized spacial score (nSPS) is 10.2. The summed E-state index contributed by atoms with van der Waals surface area (Å²) < 4.78 is 5.03. The summed E-state index contributed by atoms with van der Waals surface area (Å²) in [5.74, 6) is 0.259. The molecule has 0 bridgehead atoms. The number of carbonyl (C=O) groups is 1. The molecule has 0 aliphatic heterocycles. The highest BCUT2D eigenvalue weighted by Gasteiger charge is 2.11. The van der Waals surface area contributed by atoms with Crippen LogP contribution in [-0.2, 0) is 0 Å². The molecule has 0 saturated heterocycles. The highest BCUT2D eigenvalue weighted by atomic mass is 79.9. The molecule has 0 aliphatic rings. The number of carbonyl (C=O) groups excluding carboxylic acids is 1. The van der Waals surface area contributed by atoms with Gasteiger partial charge in [-0.25, -0.2) is 0 Å². The van der Waals surface area contributed by atoms with E-state index in [1.54, 1.807) is 6.07 Å². The molecule has 0 spiro atoms. The number of rotatable bonds is 8. The highest BCUT2D eigenvalue weighted by Crippen LogP contribution is 2.22. The third kappa shape index (κ3) is 5.51. The molecule has 106 valence electrons. The minimum Gasteiger partial charge on any atom is -0.507 e. The van der Waals surface area contributed by atoms with Crippen molar-refractivity contribution in [2.45, 2.75) is 25.7 Å². The van der Waals surface area contributed by atoms with Gasteiger partial charge in [-0.15, -0.1) is 0 Å². The van der Waals surface area contributed by atoms with Crippen LogP contribution in [0.1, 0.15) is 36.0 Å². The first-order valence-electron chi connectivity index (χ1n) is 6.40. The number of phenols is 1. The van der Waals surface area contributed by atoms with Crippen LogP contribution in [0.15, 0.2) is 18.2 Å². The van der Waals surface area contributed by atoms with Crippen molar-refractivity contribution in [1.82, 2.24) is 5.32 Å². The highest BCUT2D eigenvalue weighted by molar-refractivity contribution is 9.09. The zero-order valence-electron chi connectivity index (χ0n) is 11.1. The van der Waals surface area contributed by atoms with E-state index in [9.17, 15) is 9.90 Å². The molecule has 1 aromatic carbocycles. The molecule has 1 rings (SSSR count). The minimum atomic E-state index is -0.267. The zero-order valence-corrected chi connectivity index (χ0v) is 12.7. The molecular formula is C14H20BrNO3. The summed E-state index contributed by atoms with van der Waals surface area (Å²) in [4.78, 5) is 11.9. The van der Waals surface area contributed by atoms with Gasteiger partial charge in [-0.3, -0.25) is 4.79 Å². The van der Waals surface area contributed by atoms with E-state index in [1.165, 1.54) is 19.2 Å². The first kappa shape index (κ1) is 15.8. The molecule has 2 N–H and O–H groups in total. The predicted molar refractivity (Wildman–Crippen MR) is 79.3 cm³/mol. The number of ether oxygens (including phenoxy) is 1. The molecule has 0 radical (unpaired) electrons. The van der Waals surface area contributed by atoms with Crippen LogP contribution in [0.3, 0.4) is 0 Å². The summed E-state index contributed by atoms with van der Waals surface area (Å²) >= 11 is 3.38. The first-order chi connectivity index (χ1) is 9.19. The number of hydrogen-bond acceptors (Lipinski definition) is 3. The second-order valence-corrected chi connectivity index (χ2v) is 5.04. The number of halogens is 1. The maximum atomic E-state index is 11.9. The Morgan fingerprint density at radius 1 is 1.32 bits per heavy atom. The van der Waals surface area contributed by atoms with Gasteiger partial charge in [0.05, 0.1) is 12.7 Å². The molecule has 19 heavy (non-hydrogen) atoms. The molecule has 1 aromatic rings. The van der Waals surface area contributed by atoms with Crippen LogP contribution in [0, 0.1) is 0 Å². The van der Waals surface area contributed by atoms with E-state index in [0.29, 0.717) is 12.3 Å². The van der Waals surface area contributed by atoms with E-state index in [0.717, 1.165) is 31.0 Å². The fourth-order valence-corrected chi connectivity index (χ4v) is 2.09. The Morgan fingerprint density at radius 3 is 2.74 bits per heavy atom. The average molecular weight is 330 g/mol. The number of unbranched alkanes of at least 4 members (excludes halogenated alkanes) is 3. The lowest BCUT2D eigenvalue weighted by Crippen LogP contribution is -2.24. The Bertz CT molecular complexity index is 410. The summed E-state index contributed by atoms with van der Waals surface area (Å²) in [5.41, 5.74) is 0.250. The lowest BCUT2D eigenvalue weighted by Gasteiger charge is -2.08. The predicted octanol–water partition coefficient (Wildman–Crippen LogP) is 3.09. The van der Waals surface area contributed by atoms with E-state index in [-0.39, 0.29) is 17.2 Å². The fraction of sp³-hybridized carbons (Fsp3) is 0.500. The van der Waals surface area contributed by atoms with Gasteiger partial charge in [0.1, 0.15) is 11.5 Å². The average Bonchev–Trinajstić information content (AvgIpc) is 2.43. The molecule has 0 atom stereocenters. The van der Waals surface area contributed by atoms with Gasteiger partial charge >= 0.3 is 0 Å². The van der Waals surface area contributed by atoms with E-state index >= 15 is 0 Å². The van der Waals surface area contributed by atoms with Crippen molar-refractivity contribution in [3.05, 3.63) is 23.8 Å². The SMILES string of the molecule is COc1ccc(O)c(C(=O)NCCCCCCBr)c1. The third-order valence-corrected chi connectivity index (χ3v) is 3.36. The van der Waals surface area contributed by atoms with Crippen LogP contribution in [0.25, 0.3) is 0 Å². The fourth-order valence-electron chi connectivity index (χ4n) is 1.69. The molecule has 0 saturated carbocycles. The van der Waals surface area contributed by atoms with Gasteiger partial charge in [-0.05, 0) is 31.0 Å². The standard InChI is InChI=1S/C14H20BrNO3/c1-19-11-6-7-13(17)12(10-11)14(18)16-9-5-3-2-4-8-15/h6-7,10,17H,2-5,8-9H2,1H3,(H,16,18). The van der Waals surface area contributed by atoms with Crippen molar-refractivity contribution in [3.8, 4) is 11.5 Å². The van der Waals surface area contributed by atoms with Gasteiger partial charge in [-0.1, -0.05) is 28.8 Å². The molecule has 0 heterocycles. The van der Waals surface area contributed by atoms with Gasteiger partial charge < -0.3 is 15.2 Å². The molecule has 1 amide bonds. The van der Waals surface area contributed by atoms with Crippen molar-refractivity contribution >= 4 is 21.8 Å².